The van der Waals surface area contributed by atoms with Gasteiger partial charge >= 0.3 is 0 Å². The summed E-state index contributed by atoms with van der Waals surface area (Å²) in [5, 5.41) is 10.2. The minimum atomic E-state index is -0.852. The summed E-state index contributed by atoms with van der Waals surface area (Å²) in [4.78, 5) is 23.6. The van der Waals surface area contributed by atoms with E-state index in [0.717, 1.165) is 6.07 Å². The third kappa shape index (κ3) is 3.74. The summed E-state index contributed by atoms with van der Waals surface area (Å²) < 4.78 is 21.5. The van der Waals surface area contributed by atoms with Gasteiger partial charge in [-0.15, -0.1) is 0 Å². The lowest BCUT2D eigenvalue weighted by molar-refractivity contribution is -0.118. The molecule has 0 saturated carbocycles. The van der Waals surface area contributed by atoms with Crippen molar-refractivity contribution in [2.24, 2.45) is 5.73 Å². The third-order valence-corrected chi connectivity index (χ3v) is 3.91. The predicted octanol–water partition coefficient (Wildman–Crippen LogP) is 1.69. The van der Waals surface area contributed by atoms with Crippen LogP contribution in [-0.2, 0) is 4.79 Å². The Hall–Kier alpha value is -3.16. The molecule has 1 aromatic carbocycles. The van der Waals surface area contributed by atoms with Crippen molar-refractivity contribution in [2.75, 3.05) is 21.3 Å². The van der Waals surface area contributed by atoms with Crippen LogP contribution in [0.5, 0.6) is 23.0 Å². The van der Waals surface area contributed by atoms with Crippen LogP contribution < -0.4 is 25.4 Å². The molecular formula is C18H21NO7. The average molecular weight is 363 g/mol. The fraction of sp³-hybridized carbons (Fsp3) is 0.333. The van der Waals surface area contributed by atoms with Crippen molar-refractivity contribution in [3.05, 3.63) is 45.5 Å². The zero-order chi connectivity index (χ0) is 19.4. The summed E-state index contributed by atoms with van der Waals surface area (Å²) in [6.07, 6.45) is -0.216. The molecule has 8 heteroatoms. The van der Waals surface area contributed by atoms with E-state index in [1.54, 1.807) is 19.1 Å². The Morgan fingerprint density at radius 1 is 1.12 bits per heavy atom. The number of primary amides is 1. The molecular weight excluding hydrogens is 342 g/mol. The van der Waals surface area contributed by atoms with Gasteiger partial charge in [0.2, 0.25) is 17.1 Å². The van der Waals surface area contributed by atoms with E-state index in [1.165, 1.54) is 21.3 Å². The summed E-state index contributed by atoms with van der Waals surface area (Å²) in [7, 11) is 4.38. The molecule has 0 radical (unpaired) electrons. The molecule has 1 aromatic heterocycles. The summed E-state index contributed by atoms with van der Waals surface area (Å²) in [6.45, 7) is 1.57. The molecule has 0 fully saturated rings. The Balaban J connectivity index is 2.76. The fourth-order valence-electron chi connectivity index (χ4n) is 2.73. The number of aryl methyl sites for hydroxylation is 1. The second-order valence-electron chi connectivity index (χ2n) is 5.61. The van der Waals surface area contributed by atoms with Crippen LogP contribution in [0.3, 0.4) is 0 Å². The molecule has 3 N–H and O–H groups in total. The van der Waals surface area contributed by atoms with Gasteiger partial charge in [0.25, 0.3) is 0 Å². The quantitative estimate of drug-likeness (QED) is 0.767. The largest absolute Gasteiger partial charge is 0.502 e. The highest BCUT2D eigenvalue weighted by molar-refractivity contribution is 5.76. The Kier molecular flexibility index (Phi) is 5.76. The van der Waals surface area contributed by atoms with E-state index in [4.69, 9.17) is 24.4 Å². The van der Waals surface area contributed by atoms with Crippen LogP contribution in [-0.4, -0.2) is 32.3 Å². The van der Waals surface area contributed by atoms with Gasteiger partial charge in [0.1, 0.15) is 11.5 Å². The zero-order valence-electron chi connectivity index (χ0n) is 15.0. The Bertz CT molecular complexity index is 873. The second-order valence-corrected chi connectivity index (χ2v) is 5.61. The Morgan fingerprint density at radius 3 is 2.23 bits per heavy atom. The van der Waals surface area contributed by atoms with Crippen LogP contribution in [0.4, 0.5) is 0 Å². The number of amides is 1. The Labute approximate surface area is 150 Å². The number of nitrogens with two attached hydrogens (primary N) is 1. The molecule has 0 bridgehead atoms. The molecule has 0 unspecified atom stereocenters. The van der Waals surface area contributed by atoms with E-state index in [9.17, 15) is 14.7 Å². The first-order valence-corrected chi connectivity index (χ1v) is 7.74. The average Bonchev–Trinajstić information content (AvgIpc) is 2.61. The number of hydrogen-bond donors (Lipinski definition) is 2. The third-order valence-electron chi connectivity index (χ3n) is 3.91. The standard InChI is InChI=1S/C18H21NO7/c1-9-5-12(20)17(22)18(26-9)11(7-16(19)21)10-6-14(24-3)15(25-4)8-13(10)23-2/h5-6,8,11,22H,7H2,1-4H3,(H2,19,21)/t11-/m0/s1. The highest BCUT2D eigenvalue weighted by Crippen LogP contribution is 2.43. The number of ether oxygens (including phenoxy) is 3. The molecule has 0 aliphatic heterocycles. The highest BCUT2D eigenvalue weighted by atomic mass is 16.5. The fourth-order valence-corrected chi connectivity index (χ4v) is 2.73. The minimum absolute atomic E-state index is 0.0701. The van der Waals surface area contributed by atoms with Gasteiger partial charge in [-0.1, -0.05) is 0 Å². The van der Waals surface area contributed by atoms with E-state index in [2.05, 4.69) is 0 Å². The topological polar surface area (TPSA) is 121 Å². The molecule has 1 atom stereocenters. The highest BCUT2D eigenvalue weighted by Gasteiger charge is 2.29. The predicted molar refractivity (Wildman–Crippen MR) is 93.1 cm³/mol. The normalized spacial score (nSPS) is 11.7. The van der Waals surface area contributed by atoms with Gasteiger partial charge in [0.15, 0.2) is 17.3 Å². The molecule has 1 heterocycles. The number of methoxy groups -OCH3 is 3. The summed E-state index contributed by atoms with van der Waals surface area (Å²) in [5.74, 6) is -0.703. The van der Waals surface area contributed by atoms with Gasteiger partial charge in [0.05, 0.1) is 27.2 Å². The molecule has 1 amide bonds. The van der Waals surface area contributed by atoms with Crippen LogP contribution >= 0.6 is 0 Å². The van der Waals surface area contributed by atoms with Gasteiger partial charge in [-0.05, 0) is 13.0 Å². The number of carbonyl (C=O) groups is 1. The zero-order valence-corrected chi connectivity index (χ0v) is 15.0. The molecule has 140 valence electrons. The first-order valence-electron chi connectivity index (χ1n) is 7.74. The van der Waals surface area contributed by atoms with Crippen LogP contribution in [0.15, 0.2) is 27.4 Å². The van der Waals surface area contributed by atoms with Gasteiger partial charge < -0.3 is 29.5 Å². The number of aromatic hydroxyl groups is 1. The van der Waals surface area contributed by atoms with Crippen molar-refractivity contribution in [1.29, 1.82) is 0 Å². The molecule has 0 spiro atoms. The second kappa shape index (κ2) is 7.81. The van der Waals surface area contributed by atoms with Crippen LogP contribution in [0, 0.1) is 6.92 Å². The first kappa shape index (κ1) is 19.2. The van der Waals surface area contributed by atoms with Gasteiger partial charge in [0, 0.05) is 24.1 Å². The molecule has 2 aromatic rings. The first-order chi connectivity index (χ1) is 12.3. The lowest BCUT2D eigenvalue weighted by Gasteiger charge is -2.21. The van der Waals surface area contributed by atoms with E-state index in [0.29, 0.717) is 22.8 Å². The summed E-state index contributed by atoms with van der Waals surface area (Å²) in [6, 6.07) is 4.33. The van der Waals surface area contributed by atoms with Crippen molar-refractivity contribution in [2.45, 2.75) is 19.3 Å². The van der Waals surface area contributed by atoms with Crippen molar-refractivity contribution in [3.8, 4) is 23.0 Å². The van der Waals surface area contributed by atoms with Gasteiger partial charge in [-0.3, -0.25) is 9.59 Å². The van der Waals surface area contributed by atoms with E-state index < -0.39 is 23.0 Å². The summed E-state index contributed by atoms with van der Waals surface area (Å²) >= 11 is 0. The summed E-state index contributed by atoms with van der Waals surface area (Å²) in [5.41, 5.74) is 5.21. The number of carbonyl (C=O) groups excluding carboxylic acids is 1. The number of hydrogen-bond acceptors (Lipinski definition) is 7. The number of rotatable bonds is 7. The molecule has 0 aliphatic rings. The van der Waals surface area contributed by atoms with E-state index in [-0.39, 0.29) is 17.9 Å². The molecule has 8 nitrogen and oxygen atoms in total. The maximum Gasteiger partial charge on any atom is 0.227 e. The van der Waals surface area contributed by atoms with E-state index >= 15 is 0 Å². The van der Waals surface area contributed by atoms with Gasteiger partial charge in [-0.25, -0.2) is 0 Å². The van der Waals surface area contributed by atoms with Crippen molar-refractivity contribution in [3.63, 3.8) is 0 Å². The maximum absolute atomic E-state index is 12.0. The Morgan fingerprint density at radius 2 is 1.69 bits per heavy atom. The van der Waals surface area contributed by atoms with Crippen molar-refractivity contribution in [1.82, 2.24) is 0 Å². The smallest absolute Gasteiger partial charge is 0.227 e. The van der Waals surface area contributed by atoms with Crippen molar-refractivity contribution >= 4 is 5.91 Å². The molecule has 2 rings (SSSR count). The van der Waals surface area contributed by atoms with E-state index in [1.807, 2.05) is 0 Å². The molecule has 0 aliphatic carbocycles. The van der Waals surface area contributed by atoms with Crippen LogP contribution in [0.1, 0.15) is 29.4 Å². The van der Waals surface area contributed by atoms with Crippen LogP contribution in [0.2, 0.25) is 0 Å². The number of benzene rings is 1. The monoisotopic (exact) mass is 363 g/mol. The van der Waals surface area contributed by atoms with Crippen molar-refractivity contribution < 1.29 is 28.5 Å². The van der Waals surface area contributed by atoms with Gasteiger partial charge in [-0.2, -0.15) is 0 Å². The molecule has 26 heavy (non-hydrogen) atoms. The molecule has 0 saturated heterocycles. The maximum atomic E-state index is 12.0. The SMILES string of the molecule is COc1cc(OC)c([C@H](CC(N)=O)c2oc(C)cc(=O)c2O)cc1OC. The minimum Gasteiger partial charge on any atom is -0.502 e. The van der Waals surface area contributed by atoms with Crippen LogP contribution in [0.25, 0.3) is 0 Å². The lowest BCUT2D eigenvalue weighted by Crippen LogP contribution is -2.18. The lowest BCUT2D eigenvalue weighted by atomic mass is 9.90.